The zero-order valence-corrected chi connectivity index (χ0v) is 28.2. The number of rotatable bonds is 6. The summed E-state index contributed by atoms with van der Waals surface area (Å²) in [6.07, 6.45) is 5.71. The molecule has 0 spiro atoms. The Morgan fingerprint density at radius 2 is 1.52 bits per heavy atom. The Morgan fingerprint density at radius 1 is 0.739 bits per heavy atom. The molecule has 0 bridgehead atoms. The minimum Gasteiger partial charge on any atom is -0.497 e. The Kier molecular flexibility index (Phi) is 7.74. The standard InChI is InChI=1S/C40H31N3O2.Pt/c1-24(2)29-14-8-15-30(25(3)4)38(29)43-21-20-42-40(43)27-10-7-12-28(22-27)44-35-23-33-31(18-17-26-11-9-19-41-37(26)33)36-32-13-5-6-16-34(32)45-39(35)36;/h5-21,24-25H,1-4H3;/q-2;+2. The third kappa shape index (κ3) is 4.91. The van der Waals surface area contributed by atoms with E-state index in [0.717, 1.165) is 49.4 Å². The molecule has 0 unspecified atom stereocenters. The van der Waals surface area contributed by atoms with Crippen molar-refractivity contribution in [3.05, 3.63) is 127 Å². The summed E-state index contributed by atoms with van der Waals surface area (Å²) >= 11 is 0. The van der Waals surface area contributed by atoms with Crippen LogP contribution in [0.3, 0.4) is 0 Å². The van der Waals surface area contributed by atoms with Crippen LogP contribution < -0.4 is 4.74 Å². The largest absolute Gasteiger partial charge is 2.00 e. The molecular weight excluding hydrogens is 750 g/mol. The quantitative estimate of drug-likeness (QED) is 0.125. The van der Waals surface area contributed by atoms with Gasteiger partial charge in [0.05, 0.1) is 17.2 Å². The average molecular weight is 781 g/mol. The Balaban J connectivity index is 0.00000338. The topological polar surface area (TPSA) is 53.1 Å². The van der Waals surface area contributed by atoms with Crippen molar-refractivity contribution in [1.82, 2.24) is 14.5 Å². The van der Waals surface area contributed by atoms with Crippen LogP contribution in [0.1, 0.15) is 50.7 Å². The van der Waals surface area contributed by atoms with E-state index in [-0.39, 0.29) is 21.1 Å². The average Bonchev–Trinajstić information content (AvgIpc) is 3.70. The number of ether oxygens (including phenoxy) is 1. The van der Waals surface area contributed by atoms with Crippen LogP contribution in [0.4, 0.5) is 0 Å². The number of hydrogen-bond donors (Lipinski definition) is 0. The van der Waals surface area contributed by atoms with E-state index >= 15 is 0 Å². The van der Waals surface area contributed by atoms with Gasteiger partial charge in [-0.1, -0.05) is 99.8 Å². The molecule has 3 aromatic heterocycles. The molecule has 0 aliphatic carbocycles. The summed E-state index contributed by atoms with van der Waals surface area (Å²) in [5.41, 5.74) is 6.89. The van der Waals surface area contributed by atoms with Crippen LogP contribution in [0.5, 0.6) is 11.5 Å². The van der Waals surface area contributed by atoms with Gasteiger partial charge in [-0.15, -0.1) is 29.1 Å². The number of furan rings is 1. The van der Waals surface area contributed by atoms with Crippen molar-refractivity contribution < 1.29 is 30.2 Å². The third-order valence-corrected chi connectivity index (χ3v) is 8.53. The van der Waals surface area contributed by atoms with Crippen molar-refractivity contribution >= 4 is 43.6 Å². The summed E-state index contributed by atoms with van der Waals surface area (Å²) in [6, 6.07) is 35.8. The predicted octanol–water partition coefficient (Wildman–Crippen LogP) is 10.8. The van der Waals surface area contributed by atoms with Gasteiger partial charge in [-0.05, 0) is 51.4 Å². The number of benzene rings is 5. The first-order valence-electron chi connectivity index (χ1n) is 15.4. The summed E-state index contributed by atoms with van der Waals surface area (Å²) in [5, 5.41) is 4.97. The normalized spacial score (nSPS) is 11.7. The fourth-order valence-corrected chi connectivity index (χ4v) is 6.42. The predicted molar refractivity (Wildman–Crippen MR) is 181 cm³/mol. The van der Waals surface area contributed by atoms with Crippen LogP contribution in [-0.4, -0.2) is 14.5 Å². The van der Waals surface area contributed by atoms with Crippen LogP contribution in [0.2, 0.25) is 0 Å². The zero-order valence-electron chi connectivity index (χ0n) is 25.9. The van der Waals surface area contributed by atoms with E-state index in [1.807, 2.05) is 61.1 Å². The molecule has 0 N–H and O–H groups in total. The molecule has 0 radical (unpaired) electrons. The summed E-state index contributed by atoms with van der Waals surface area (Å²) < 4.78 is 15.2. The maximum atomic E-state index is 6.62. The molecule has 0 saturated heterocycles. The van der Waals surface area contributed by atoms with Crippen LogP contribution in [-0.2, 0) is 21.1 Å². The molecule has 5 nitrogen and oxygen atoms in total. The van der Waals surface area contributed by atoms with Crippen molar-refractivity contribution in [3.8, 4) is 28.6 Å². The van der Waals surface area contributed by atoms with Crippen LogP contribution in [0.15, 0.2) is 108 Å². The van der Waals surface area contributed by atoms with Gasteiger partial charge < -0.3 is 18.7 Å². The summed E-state index contributed by atoms with van der Waals surface area (Å²) in [6.45, 7) is 8.94. The van der Waals surface area contributed by atoms with E-state index in [1.165, 1.54) is 16.8 Å². The Bertz CT molecular complexity index is 2360. The molecule has 8 aromatic rings. The van der Waals surface area contributed by atoms with E-state index in [9.17, 15) is 0 Å². The minimum atomic E-state index is 0. The molecule has 228 valence electrons. The number of para-hydroxylation sites is 2. The molecular formula is C40H31N3O2Pt. The number of fused-ring (bicyclic) bond motifs is 7. The molecule has 6 heteroatoms. The molecule has 8 rings (SSSR count). The van der Waals surface area contributed by atoms with Gasteiger partial charge in [0.2, 0.25) is 0 Å². The van der Waals surface area contributed by atoms with Gasteiger partial charge in [-0.25, -0.2) is 0 Å². The molecule has 5 aromatic carbocycles. The second-order valence-corrected chi connectivity index (χ2v) is 12.1. The molecule has 0 amide bonds. The maximum absolute atomic E-state index is 6.62. The molecule has 0 aliphatic rings. The fourth-order valence-electron chi connectivity index (χ4n) is 6.42. The van der Waals surface area contributed by atoms with Gasteiger partial charge in [0.25, 0.3) is 0 Å². The van der Waals surface area contributed by atoms with Crippen molar-refractivity contribution in [2.75, 3.05) is 0 Å². The second kappa shape index (κ2) is 11.9. The fraction of sp³-hybridized carbons (Fsp3) is 0.150. The monoisotopic (exact) mass is 780 g/mol. The van der Waals surface area contributed by atoms with E-state index in [0.29, 0.717) is 28.9 Å². The van der Waals surface area contributed by atoms with E-state index in [2.05, 4.69) is 86.9 Å². The third-order valence-electron chi connectivity index (χ3n) is 8.53. The van der Waals surface area contributed by atoms with Gasteiger partial charge in [0, 0.05) is 35.4 Å². The molecule has 3 heterocycles. The van der Waals surface area contributed by atoms with Gasteiger partial charge in [0.15, 0.2) is 0 Å². The Morgan fingerprint density at radius 3 is 2.33 bits per heavy atom. The van der Waals surface area contributed by atoms with Crippen LogP contribution in [0.25, 0.3) is 60.7 Å². The molecule has 0 fully saturated rings. The molecule has 0 saturated carbocycles. The summed E-state index contributed by atoms with van der Waals surface area (Å²) in [4.78, 5) is 9.52. The smallest absolute Gasteiger partial charge is 0.497 e. The van der Waals surface area contributed by atoms with Gasteiger partial charge in [0.1, 0.15) is 5.58 Å². The summed E-state index contributed by atoms with van der Waals surface area (Å²) in [7, 11) is 0. The molecule has 0 aliphatic heterocycles. The SMILES string of the molecule is CC(C)c1cccc(C(C)C)c1-n1ccnc1-c1[c-]c(Oc2[c-]c3c(ccc4cccnc43)c3c2oc2ccccc23)ccc1.[Pt+2]. The first-order valence-corrected chi connectivity index (χ1v) is 15.4. The number of imidazole rings is 1. The number of nitrogens with zero attached hydrogens (tertiary/aromatic N) is 3. The van der Waals surface area contributed by atoms with E-state index in [1.54, 1.807) is 0 Å². The van der Waals surface area contributed by atoms with Crippen molar-refractivity contribution in [2.45, 2.75) is 39.5 Å². The van der Waals surface area contributed by atoms with Gasteiger partial charge in [-0.3, -0.25) is 4.98 Å². The van der Waals surface area contributed by atoms with Crippen molar-refractivity contribution in [2.24, 2.45) is 0 Å². The molecule has 0 atom stereocenters. The van der Waals surface area contributed by atoms with Crippen LogP contribution in [0, 0.1) is 12.1 Å². The minimum absolute atomic E-state index is 0. The van der Waals surface area contributed by atoms with E-state index in [4.69, 9.17) is 19.1 Å². The molecule has 46 heavy (non-hydrogen) atoms. The number of pyridine rings is 1. The second-order valence-electron chi connectivity index (χ2n) is 12.1. The maximum Gasteiger partial charge on any atom is 2.00 e. The Labute approximate surface area is 282 Å². The van der Waals surface area contributed by atoms with E-state index < -0.39 is 0 Å². The van der Waals surface area contributed by atoms with Gasteiger partial charge in [-0.2, -0.15) is 0 Å². The first-order chi connectivity index (χ1) is 22.0. The Hall–Kier alpha value is -4.73. The number of aromatic nitrogens is 3. The van der Waals surface area contributed by atoms with Crippen LogP contribution >= 0.6 is 0 Å². The first kappa shape index (κ1) is 30.0. The van der Waals surface area contributed by atoms with Gasteiger partial charge >= 0.3 is 21.1 Å². The summed E-state index contributed by atoms with van der Waals surface area (Å²) in [5.74, 6) is 2.56. The zero-order chi connectivity index (χ0) is 30.7. The van der Waals surface area contributed by atoms with Crippen molar-refractivity contribution in [3.63, 3.8) is 0 Å². The van der Waals surface area contributed by atoms with Crippen molar-refractivity contribution in [1.29, 1.82) is 0 Å². The number of hydrogen-bond acceptors (Lipinski definition) is 4.